The second-order valence-electron chi connectivity index (χ2n) is 7.25. The molecule has 1 fully saturated rings. The first-order valence-electron chi connectivity index (χ1n) is 8.33. The van der Waals surface area contributed by atoms with E-state index in [1.54, 1.807) is 6.33 Å². The quantitative estimate of drug-likeness (QED) is 0.927. The van der Waals surface area contributed by atoms with Crippen molar-refractivity contribution in [3.8, 4) is 0 Å². The van der Waals surface area contributed by atoms with Gasteiger partial charge in [0.2, 0.25) is 0 Å². The number of aryl methyl sites for hydroxylation is 1. The monoisotopic (exact) mass is 330 g/mol. The number of rotatable bonds is 4. The van der Waals surface area contributed by atoms with Gasteiger partial charge in [-0.3, -0.25) is 4.68 Å². The third kappa shape index (κ3) is 3.84. The van der Waals surface area contributed by atoms with Gasteiger partial charge in [-0.2, -0.15) is 5.10 Å². The third-order valence-corrected chi connectivity index (χ3v) is 4.20. The minimum Gasteiger partial charge on any atom is -0.378 e. The van der Waals surface area contributed by atoms with E-state index in [-0.39, 0.29) is 11.5 Å². The molecular formula is C17H26N6O. The summed E-state index contributed by atoms with van der Waals surface area (Å²) in [7, 11) is 1.93. The summed E-state index contributed by atoms with van der Waals surface area (Å²) in [4.78, 5) is 11.1. The molecule has 24 heavy (non-hydrogen) atoms. The van der Waals surface area contributed by atoms with Crippen molar-refractivity contribution in [1.82, 2.24) is 19.7 Å². The first-order chi connectivity index (χ1) is 11.4. The fourth-order valence-corrected chi connectivity index (χ4v) is 2.93. The van der Waals surface area contributed by atoms with Gasteiger partial charge in [0, 0.05) is 38.0 Å². The Labute approximate surface area is 143 Å². The summed E-state index contributed by atoms with van der Waals surface area (Å²) in [6.45, 7) is 9.84. The molecule has 7 nitrogen and oxygen atoms in total. The van der Waals surface area contributed by atoms with Crippen LogP contribution in [0.1, 0.15) is 32.4 Å². The number of nitrogens with zero attached hydrogens (tertiary/aromatic N) is 5. The molecule has 1 N–H and O–H groups in total. The number of ether oxygens (including phenoxy) is 1. The van der Waals surface area contributed by atoms with E-state index in [4.69, 9.17) is 4.74 Å². The van der Waals surface area contributed by atoms with Crippen molar-refractivity contribution in [2.45, 2.75) is 26.8 Å². The van der Waals surface area contributed by atoms with E-state index in [1.165, 1.54) is 0 Å². The summed E-state index contributed by atoms with van der Waals surface area (Å²) in [5.74, 6) is 1.77. The van der Waals surface area contributed by atoms with E-state index < -0.39 is 0 Å². The van der Waals surface area contributed by atoms with Gasteiger partial charge in [-0.1, -0.05) is 20.8 Å². The maximum atomic E-state index is 5.41. The molecule has 7 heteroatoms. The number of aromatic nitrogens is 4. The number of morpholine rings is 1. The first-order valence-corrected chi connectivity index (χ1v) is 8.33. The highest BCUT2D eigenvalue weighted by Gasteiger charge is 2.28. The van der Waals surface area contributed by atoms with Crippen LogP contribution in [0, 0.1) is 5.41 Å². The number of hydrogen-bond donors (Lipinski definition) is 1. The van der Waals surface area contributed by atoms with Gasteiger partial charge < -0.3 is 15.0 Å². The fourth-order valence-electron chi connectivity index (χ4n) is 2.93. The van der Waals surface area contributed by atoms with Crippen LogP contribution < -0.4 is 10.2 Å². The predicted molar refractivity (Wildman–Crippen MR) is 94.1 cm³/mol. The summed E-state index contributed by atoms with van der Waals surface area (Å²) >= 11 is 0. The van der Waals surface area contributed by atoms with E-state index in [0.717, 1.165) is 43.5 Å². The zero-order valence-electron chi connectivity index (χ0n) is 14.9. The molecule has 0 spiro atoms. The Kier molecular flexibility index (Phi) is 4.71. The molecule has 0 aromatic carbocycles. The normalized spacial score (nSPS) is 16.9. The predicted octanol–water partition coefficient (Wildman–Crippen LogP) is 2.25. The van der Waals surface area contributed by atoms with Crippen molar-refractivity contribution in [3.05, 3.63) is 30.4 Å². The third-order valence-electron chi connectivity index (χ3n) is 4.20. The van der Waals surface area contributed by atoms with Gasteiger partial charge >= 0.3 is 0 Å². The zero-order valence-corrected chi connectivity index (χ0v) is 14.9. The van der Waals surface area contributed by atoms with E-state index in [0.29, 0.717) is 0 Å². The second kappa shape index (κ2) is 6.76. The SMILES string of the molecule is Cn1cc(C(Nc2cc(N3CCOCC3)ncn2)C(C)(C)C)cn1. The molecule has 3 rings (SSSR count). The van der Waals surface area contributed by atoms with Crippen LogP contribution in [0.5, 0.6) is 0 Å². The first kappa shape index (κ1) is 16.7. The van der Waals surface area contributed by atoms with Crippen molar-refractivity contribution in [2.75, 3.05) is 36.5 Å². The summed E-state index contributed by atoms with van der Waals surface area (Å²) in [6.07, 6.45) is 5.58. The number of anilines is 2. The molecule has 0 aliphatic carbocycles. The van der Waals surface area contributed by atoms with Crippen LogP contribution in [0.2, 0.25) is 0 Å². The Bertz CT molecular complexity index is 672. The molecule has 0 saturated carbocycles. The van der Waals surface area contributed by atoms with Gasteiger partial charge in [0.1, 0.15) is 18.0 Å². The van der Waals surface area contributed by atoms with Crippen molar-refractivity contribution in [1.29, 1.82) is 0 Å². The van der Waals surface area contributed by atoms with Crippen LogP contribution in [-0.4, -0.2) is 46.1 Å². The van der Waals surface area contributed by atoms with Gasteiger partial charge in [-0.25, -0.2) is 9.97 Å². The lowest BCUT2D eigenvalue weighted by Crippen LogP contribution is -2.36. The highest BCUT2D eigenvalue weighted by molar-refractivity contribution is 5.50. The topological polar surface area (TPSA) is 68.1 Å². The highest BCUT2D eigenvalue weighted by Crippen LogP contribution is 2.35. The lowest BCUT2D eigenvalue weighted by Gasteiger charge is -2.32. The Hall–Kier alpha value is -2.15. The largest absolute Gasteiger partial charge is 0.378 e. The molecule has 0 amide bonds. The van der Waals surface area contributed by atoms with Gasteiger partial charge in [0.15, 0.2) is 0 Å². The molecule has 0 bridgehead atoms. The van der Waals surface area contributed by atoms with Crippen molar-refractivity contribution < 1.29 is 4.74 Å². The van der Waals surface area contributed by atoms with Crippen LogP contribution in [0.15, 0.2) is 24.8 Å². The van der Waals surface area contributed by atoms with E-state index in [2.05, 4.69) is 46.1 Å². The maximum absolute atomic E-state index is 5.41. The standard InChI is InChI=1S/C17H26N6O/c1-17(2,3)16(13-10-20-22(4)11-13)21-14-9-15(19-12-18-14)23-5-7-24-8-6-23/h9-12,16H,5-8H2,1-4H3,(H,18,19,21). The van der Waals surface area contributed by atoms with Crippen LogP contribution in [-0.2, 0) is 11.8 Å². The molecule has 130 valence electrons. The molecular weight excluding hydrogens is 304 g/mol. The summed E-state index contributed by atoms with van der Waals surface area (Å²) in [5.41, 5.74) is 1.17. The number of hydrogen-bond acceptors (Lipinski definition) is 6. The van der Waals surface area contributed by atoms with Crippen LogP contribution in [0.3, 0.4) is 0 Å². The van der Waals surface area contributed by atoms with Crippen molar-refractivity contribution in [3.63, 3.8) is 0 Å². The van der Waals surface area contributed by atoms with Crippen LogP contribution in [0.25, 0.3) is 0 Å². The average molecular weight is 330 g/mol. The average Bonchev–Trinajstić information content (AvgIpc) is 2.99. The molecule has 1 unspecified atom stereocenters. The Balaban J connectivity index is 1.82. The molecule has 3 heterocycles. The Morgan fingerprint density at radius 2 is 1.96 bits per heavy atom. The van der Waals surface area contributed by atoms with Crippen molar-refractivity contribution in [2.24, 2.45) is 12.5 Å². The number of nitrogens with one attached hydrogen (secondary N) is 1. The molecule has 1 aliphatic heterocycles. The van der Waals surface area contributed by atoms with Gasteiger partial charge in [0.05, 0.1) is 25.5 Å². The van der Waals surface area contributed by atoms with Crippen LogP contribution >= 0.6 is 0 Å². The molecule has 0 radical (unpaired) electrons. The van der Waals surface area contributed by atoms with Gasteiger partial charge in [-0.15, -0.1) is 0 Å². The highest BCUT2D eigenvalue weighted by atomic mass is 16.5. The molecule has 1 aliphatic rings. The minimum absolute atomic E-state index is 0.0209. The minimum atomic E-state index is 0.0209. The van der Waals surface area contributed by atoms with E-state index >= 15 is 0 Å². The van der Waals surface area contributed by atoms with E-state index in [1.807, 2.05) is 30.2 Å². The summed E-state index contributed by atoms with van der Waals surface area (Å²) in [5, 5.41) is 7.87. The summed E-state index contributed by atoms with van der Waals surface area (Å²) < 4.78 is 7.24. The van der Waals surface area contributed by atoms with Crippen molar-refractivity contribution >= 4 is 11.6 Å². The Morgan fingerprint density at radius 3 is 2.58 bits per heavy atom. The Morgan fingerprint density at radius 1 is 1.21 bits per heavy atom. The smallest absolute Gasteiger partial charge is 0.134 e. The zero-order chi connectivity index (χ0) is 17.2. The van der Waals surface area contributed by atoms with Gasteiger partial charge in [-0.05, 0) is 5.41 Å². The molecule has 1 atom stereocenters. The maximum Gasteiger partial charge on any atom is 0.134 e. The lowest BCUT2D eigenvalue weighted by molar-refractivity contribution is 0.122. The lowest BCUT2D eigenvalue weighted by atomic mass is 9.83. The molecule has 1 saturated heterocycles. The molecule has 2 aromatic heterocycles. The second-order valence-corrected chi connectivity index (χ2v) is 7.25. The van der Waals surface area contributed by atoms with Crippen LogP contribution in [0.4, 0.5) is 11.6 Å². The van der Waals surface area contributed by atoms with Gasteiger partial charge in [0.25, 0.3) is 0 Å². The fraction of sp³-hybridized carbons (Fsp3) is 0.588. The molecule has 2 aromatic rings. The summed E-state index contributed by atoms with van der Waals surface area (Å²) in [6, 6.07) is 2.12. The van der Waals surface area contributed by atoms with E-state index in [9.17, 15) is 0 Å².